The van der Waals surface area contributed by atoms with Crippen LogP contribution in [0, 0.1) is 11.7 Å². The van der Waals surface area contributed by atoms with Crippen LogP contribution < -0.4 is 5.73 Å². The molecular formula is C15H17F3N2O. The lowest BCUT2D eigenvalue weighted by molar-refractivity contribution is -0.163. The molecule has 2 N–H and O–H groups in total. The van der Waals surface area contributed by atoms with Gasteiger partial charge in [0.05, 0.1) is 5.92 Å². The number of hydrogen-bond donors (Lipinski definition) is 1. The van der Waals surface area contributed by atoms with Gasteiger partial charge in [0, 0.05) is 12.0 Å². The molecule has 114 valence electrons. The summed E-state index contributed by atoms with van der Waals surface area (Å²) in [5, 5.41) is 0. The molecule has 1 fully saturated rings. The maximum atomic E-state index is 14.5. The van der Waals surface area contributed by atoms with Gasteiger partial charge in [0.1, 0.15) is 17.5 Å². The Morgan fingerprint density at radius 2 is 2.05 bits per heavy atom. The van der Waals surface area contributed by atoms with Crippen molar-refractivity contribution in [2.24, 2.45) is 16.6 Å². The molecule has 6 heteroatoms. The zero-order valence-electron chi connectivity index (χ0n) is 11.7. The second-order valence-electron chi connectivity index (χ2n) is 5.86. The van der Waals surface area contributed by atoms with E-state index in [0.29, 0.717) is 12.8 Å². The SMILES string of the molecule is C[C@]1(c2ccccc2F)N=C(N)O[C@@H]2CCCC(F)(F)[C@@H]21. The van der Waals surface area contributed by atoms with Crippen LogP contribution in [0.1, 0.15) is 31.7 Å². The highest BCUT2D eigenvalue weighted by atomic mass is 19.3. The maximum absolute atomic E-state index is 14.5. The van der Waals surface area contributed by atoms with Gasteiger partial charge >= 0.3 is 0 Å². The predicted molar refractivity (Wildman–Crippen MR) is 72.5 cm³/mol. The molecule has 3 rings (SSSR count). The van der Waals surface area contributed by atoms with Gasteiger partial charge in [-0.1, -0.05) is 18.2 Å². The summed E-state index contributed by atoms with van der Waals surface area (Å²) in [4.78, 5) is 4.08. The van der Waals surface area contributed by atoms with Crippen molar-refractivity contribution in [3.8, 4) is 0 Å². The van der Waals surface area contributed by atoms with Crippen LogP contribution >= 0.6 is 0 Å². The second kappa shape index (κ2) is 4.64. The van der Waals surface area contributed by atoms with Gasteiger partial charge in [-0.15, -0.1) is 0 Å². The lowest BCUT2D eigenvalue weighted by Gasteiger charge is -2.48. The quantitative estimate of drug-likeness (QED) is 0.865. The maximum Gasteiger partial charge on any atom is 0.283 e. The van der Waals surface area contributed by atoms with Gasteiger partial charge in [-0.2, -0.15) is 0 Å². The Hall–Kier alpha value is -1.72. The average Bonchev–Trinajstić information content (AvgIpc) is 2.37. The van der Waals surface area contributed by atoms with Crippen LogP contribution in [0.3, 0.4) is 0 Å². The van der Waals surface area contributed by atoms with Crippen LogP contribution in [0.2, 0.25) is 0 Å². The highest BCUT2D eigenvalue weighted by molar-refractivity contribution is 5.73. The molecule has 1 aliphatic heterocycles. The first-order chi connectivity index (χ1) is 9.84. The standard InChI is InChI=1S/C15H17F3N2O/c1-14(9-5-2-3-6-10(9)16)12-11(21-13(19)20-14)7-4-8-15(12,17)18/h2-3,5-6,11-12H,4,7-8H2,1H3,(H2,19,20)/t11-,12+,14-/m1/s1. The Morgan fingerprint density at radius 3 is 2.76 bits per heavy atom. The largest absolute Gasteiger partial charge is 0.461 e. The van der Waals surface area contributed by atoms with E-state index in [2.05, 4.69) is 4.99 Å². The summed E-state index contributed by atoms with van der Waals surface area (Å²) >= 11 is 0. The van der Waals surface area contributed by atoms with E-state index in [1.54, 1.807) is 6.07 Å². The molecule has 0 saturated heterocycles. The van der Waals surface area contributed by atoms with Crippen molar-refractivity contribution >= 4 is 6.02 Å². The van der Waals surface area contributed by atoms with E-state index in [1.165, 1.54) is 25.1 Å². The second-order valence-corrected chi connectivity index (χ2v) is 5.86. The first-order valence-electron chi connectivity index (χ1n) is 6.99. The van der Waals surface area contributed by atoms with Crippen LogP contribution in [0.25, 0.3) is 0 Å². The monoisotopic (exact) mass is 298 g/mol. The van der Waals surface area contributed by atoms with Crippen LogP contribution in [-0.4, -0.2) is 18.0 Å². The van der Waals surface area contributed by atoms with Gasteiger partial charge in [-0.25, -0.2) is 18.2 Å². The van der Waals surface area contributed by atoms with E-state index in [1.807, 2.05) is 0 Å². The minimum Gasteiger partial charge on any atom is -0.461 e. The number of nitrogens with zero attached hydrogens (tertiary/aromatic N) is 1. The van der Waals surface area contributed by atoms with Crippen molar-refractivity contribution < 1.29 is 17.9 Å². The van der Waals surface area contributed by atoms with Gasteiger partial charge in [0.15, 0.2) is 0 Å². The number of benzene rings is 1. The smallest absolute Gasteiger partial charge is 0.283 e. The number of alkyl halides is 2. The van der Waals surface area contributed by atoms with Gasteiger partial charge in [-0.3, -0.25) is 0 Å². The van der Waals surface area contributed by atoms with Crippen LogP contribution in [-0.2, 0) is 10.3 Å². The molecule has 0 bridgehead atoms. The lowest BCUT2D eigenvalue weighted by Crippen LogP contribution is -2.57. The molecule has 3 nitrogen and oxygen atoms in total. The van der Waals surface area contributed by atoms with E-state index >= 15 is 0 Å². The summed E-state index contributed by atoms with van der Waals surface area (Å²) in [6, 6.07) is 5.71. The topological polar surface area (TPSA) is 47.6 Å². The zero-order chi connectivity index (χ0) is 15.3. The number of amidine groups is 1. The van der Waals surface area contributed by atoms with Gasteiger partial charge in [0.2, 0.25) is 0 Å². The summed E-state index contributed by atoms with van der Waals surface area (Å²) in [7, 11) is 0. The molecule has 1 aromatic rings. The van der Waals surface area contributed by atoms with E-state index in [0.717, 1.165) is 0 Å². The van der Waals surface area contributed by atoms with Crippen molar-refractivity contribution in [2.45, 2.75) is 43.8 Å². The fourth-order valence-electron chi connectivity index (χ4n) is 3.61. The summed E-state index contributed by atoms with van der Waals surface area (Å²) in [6.45, 7) is 1.51. The molecular weight excluding hydrogens is 281 g/mol. The predicted octanol–water partition coefficient (Wildman–Crippen LogP) is 3.19. The molecule has 1 aromatic carbocycles. The zero-order valence-corrected chi connectivity index (χ0v) is 11.7. The van der Waals surface area contributed by atoms with Gasteiger partial charge < -0.3 is 10.5 Å². The van der Waals surface area contributed by atoms with Gasteiger partial charge in [-0.05, 0) is 25.8 Å². The van der Waals surface area contributed by atoms with E-state index in [-0.39, 0.29) is 18.0 Å². The minimum atomic E-state index is -2.97. The van der Waals surface area contributed by atoms with E-state index in [9.17, 15) is 13.2 Å². The van der Waals surface area contributed by atoms with E-state index in [4.69, 9.17) is 10.5 Å². The molecule has 21 heavy (non-hydrogen) atoms. The Bertz CT molecular complexity index is 590. The minimum absolute atomic E-state index is 0.132. The number of ether oxygens (including phenoxy) is 1. The summed E-state index contributed by atoms with van der Waals surface area (Å²) < 4.78 is 48.4. The Labute approximate surface area is 121 Å². The highest BCUT2D eigenvalue weighted by Gasteiger charge is 2.60. The first-order valence-corrected chi connectivity index (χ1v) is 6.99. The number of aliphatic imine (C=N–C) groups is 1. The number of hydrogen-bond acceptors (Lipinski definition) is 3. The number of nitrogens with two attached hydrogens (primary N) is 1. The average molecular weight is 298 g/mol. The number of fused-ring (bicyclic) bond motifs is 1. The Morgan fingerprint density at radius 1 is 1.33 bits per heavy atom. The van der Waals surface area contributed by atoms with Crippen LogP contribution in [0.15, 0.2) is 29.3 Å². The van der Waals surface area contributed by atoms with Crippen LogP contribution in [0.5, 0.6) is 0 Å². The van der Waals surface area contributed by atoms with Crippen molar-refractivity contribution in [1.29, 1.82) is 0 Å². The Balaban J connectivity index is 2.17. The van der Waals surface area contributed by atoms with E-state index < -0.39 is 29.3 Å². The molecule has 3 atom stereocenters. The first kappa shape index (κ1) is 14.2. The molecule has 2 aliphatic rings. The van der Waals surface area contributed by atoms with Crippen molar-refractivity contribution in [1.82, 2.24) is 0 Å². The Kier molecular flexibility index (Phi) is 3.15. The molecule has 1 saturated carbocycles. The van der Waals surface area contributed by atoms with Gasteiger partial charge in [0.25, 0.3) is 11.9 Å². The van der Waals surface area contributed by atoms with Crippen molar-refractivity contribution in [3.63, 3.8) is 0 Å². The molecule has 0 spiro atoms. The fraction of sp³-hybridized carbons (Fsp3) is 0.533. The molecule has 0 unspecified atom stereocenters. The third-order valence-electron chi connectivity index (χ3n) is 4.46. The number of halogens is 3. The van der Waals surface area contributed by atoms with Crippen molar-refractivity contribution in [3.05, 3.63) is 35.6 Å². The lowest BCUT2D eigenvalue weighted by atomic mass is 9.68. The molecule has 0 amide bonds. The summed E-state index contributed by atoms with van der Waals surface area (Å²) in [5.74, 6) is -4.74. The summed E-state index contributed by atoms with van der Waals surface area (Å²) in [6.07, 6.45) is -0.150. The highest BCUT2D eigenvalue weighted by Crippen LogP contribution is 2.52. The third-order valence-corrected chi connectivity index (χ3v) is 4.46. The third kappa shape index (κ3) is 2.17. The normalized spacial score (nSPS) is 34.6. The molecule has 0 aromatic heterocycles. The number of rotatable bonds is 1. The molecule has 1 aliphatic carbocycles. The molecule has 0 radical (unpaired) electrons. The van der Waals surface area contributed by atoms with Crippen LogP contribution in [0.4, 0.5) is 13.2 Å². The van der Waals surface area contributed by atoms with Crippen molar-refractivity contribution in [2.75, 3.05) is 0 Å². The molecule has 1 heterocycles. The summed E-state index contributed by atoms with van der Waals surface area (Å²) in [5.41, 5.74) is 4.36. The fourth-order valence-corrected chi connectivity index (χ4v) is 3.61.